The molecule has 0 aliphatic carbocycles. The molecule has 1 aromatic heterocycles. The van der Waals surface area contributed by atoms with Gasteiger partial charge in [-0.05, 0) is 48.5 Å². The first-order chi connectivity index (χ1) is 14.1. The van der Waals surface area contributed by atoms with Gasteiger partial charge in [0.05, 0.1) is 0 Å². The molecule has 1 heterocycles. The van der Waals surface area contributed by atoms with Crippen molar-refractivity contribution in [3.63, 3.8) is 0 Å². The number of benzene rings is 3. The molecule has 0 aliphatic heterocycles. The van der Waals surface area contributed by atoms with Crippen LogP contribution in [0.1, 0.15) is 15.2 Å². The Bertz CT molecular complexity index is 1140. The van der Waals surface area contributed by atoms with E-state index in [9.17, 15) is 4.79 Å². The number of ketones is 1. The summed E-state index contributed by atoms with van der Waals surface area (Å²) in [4.78, 5) is 17.3. The van der Waals surface area contributed by atoms with Crippen molar-refractivity contribution in [2.75, 3.05) is 11.1 Å². The topological polar surface area (TPSA) is 77.2 Å². The molecule has 4 aromatic rings. The van der Waals surface area contributed by atoms with Crippen LogP contribution < -0.4 is 15.8 Å². The lowest BCUT2D eigenvalue weighted by molar-refractivity contribution is 0.104. The van der Waals surface area contributed by atoms with E-state index in [4.69, 9.17) is 22.1 Å². The largest absolute Gasteiger partial charge is 0.457 e. The van der Waals surface area contributed by atoms with Gasteiger partial charge in [-0.25, -0.2) is 4.98 Å². The zero-order valence-electron chi connectivity index (χ0n) is 15.1. The Hall–Kier alpha value is -3.35. The van der Waals surface area contributed by atoms with Crippen molar-refractivity contribution < 1.29 is 9.53 Å². The van der Waals surface area contributed by atoms with E-state index in [0.29, 0.717) is 20.6 Å². The second-order valence-corrected chi connectivity index (χ2v) is 7.57. The van der Waals surface area contributed by atoms with Crippen LogP contribution in [0.2, 0.25) is 5.02 Å². The van der Waals surface area contributed by atoms with Gasteiger partial charge >= 0.3 is 0 Å². The molecule has 0 saturated heterocycles. The minimum Gasteiger partial charge on any atom is -0.457 e. The standard InChI is InChI=1S/C22H16ClN3O2S/c23-15-6-4-5-14(13-15)19(27)20-21(24)26-22(29-20)25-16-9-11-18(12-10-16)28-17-7-2-1-3-8-17/h1-13H,24H2,(H,25,26). The fraction of sp³-hybridized carbons (Fsp3) is 0. The fourth-order valence-electron chi connectivity index (χ4n) is 2.66. The lowest BCUT2D eigenvalue weighted by Crippen LogP contribution is -2.02. The van der Waals surface area contributed by atoms with Crippen molar-refractivity contribution in [2.45, 2.75) is 0 Å². The van der Waals surface area contributed by atoms with Gasteiger partial charge in [0.1, 0.15) is 22.2 Å². The predicted molar refractivity (Wildman–Crippen MR) is 118 cm³/mol. The number of aromatic nitrogens is 1. The van der Waals surface area contributed by atoms with Crippen molar-refractivity contribution in [1.29, 1.82) is 0 Å². The monoisotopic (exact) mass is 421 g/mol. The first-order valence-electron chi connectivity index (χ1n) is 8.75. The average molecular weight is 422 g/mol. The first kappa shape index (κ1) is 19.0. The number of rotatable bonds is 6. The fourth-order valence-corrected chi connectivity index (χ4v) is 3.72. The van der Waals surface area contributed by atoms with E-state index in [-0.39, 0.29) is 11.6 Å². The van der Waals surface area contributed by atoms with Gasteiger partial charge in [0.25, 0.3) is 0 Å². The minimum absolute atomic E-state index is 0.187. The lowest BCUT2D eigenvalue weighted by atomic mass is 10.1. The van der Waals surface area contributed by atoms with Gasteiger partial charge in [0.15, 0.2) is 5.13 Å². The SMILES string of the molecule is Nc1nc(Nc2ccc(Oc3ccccc3)cc2)sc1C(=O)c1cccc(Cl)c1. The molecule has 29 heavy (non-hydrogen) atoms. The van der Waals surface area contributed by atoms with Crippen LogP contribution >= 0.6 is 22.9 Å². The van der Waals surface area contributed by atoms with E-state index in [1.165, 1.54) is 11.3 Å². The van der Waals surface area contributed by atoms with Crippen LogP contribution in [0.15, 0.2) is 78.9 Å². The van der Waals surface area contributed by atoms with Crippen LogP contribution in [0, 0.1) is 0 Å². The molecule has 144 valence electrons. The third-order valence-corrected chi connectivity index (χ3v) is 5.25. The van der Waals surface area contributed by atoms with E-state index in [0.717, 1.165) is 17.2 Å². The summed E-state index contributed by atoms with van der Waals surface area (Å²) in [5, 5.41) is 4.20. The molecule has 0 unspecified atom stereocenters. The van der Waals surface area contributed by atoms with Gasteiger partial charge in [0, 0.05) is 16.3 Å². The molecule has 0 aliphatic rings. The summed E-state index contributed by atoms with van der Waals surface area (Å²) < 4.78 is 5.78. The number of nitrogens with zero attached hydrogens (tertiary/aromatic N) is 1. The summed E-state index contributed by atoms with van der Waals surface area (Å²) in [6.45, 7) is 0. The third kappa shape index (κ3) is 4.56. The van der Waals surface area contributed by atoms with E-state index in [2.05, 4.69) is 10.3 Å². The molecule has 0 atom stereocenters. The summed E-state index contributed by atoms with van der Waals surface area (Å²) in [6.07, 6.45) is 0. The Kier molecular flexibility index (Phi) is 5.46. The predicted octanol–water partition coefficient (Wildman–Crippen LogP) is 6.15. The summed E-state index contributed by atoms with van der Waals surface area (Å²) in [5.41, 5.74) is 7.25. The first-order valence-corrected chi connectivity index (χ1v) is 9.94. The second-order valence-electron chi connectivity index (χ2n) is 6.14. The Morgan fingerprint density at radius 1 is 0.966 bits per heavy atom. The number of carbonyl (C=O) groups is 1. The number of thiazole rings is 1. The maximum absolute atomic E-state index is 12.7. The van der Waals surface area contributed by atoms with Crippen LogP contribution in [-0.2, 0) is 0 Å². The lowest BCUT2D eigenvalue weighted by Gasteiger charge is -2.07. The van der Waals surface area contributed by atoms with Crippen LogP contribution in [0.4, 0.5) is 16.6 Å². The molecule has 0 saturated carbocycles. The Labute approximate surface area is 176 Å². The number of nitrogens with one attached hydrogen (secondary N) is 1. The van der Waals surface area contributed by atoms with E-state index >= 15 is 0 Å². The molecular formula is C22H16ClN3O2S. The van der Waals surface area contributed by atoms with Crippen LogP contribution in [0.25, 0.3) is 0 Å². The highest BCUT2D eigenvalue weighted by Crippen LogP contribution is 2.31. The van der Waals surface area contributed by atoms with Crippen LogP contribution in [-0.4, -0.2) is 10.8 Å². The van der Waals surface area contributed by atoms with Gasteiger partial charge in [-0.3, -0.25) is 4.79 Å². The Morgan fingerprint density at radius 2 is 1.69 bits per heavy atom. The van der Waals surface area contributed by atoms with E-state index in [1.54, 1.807) is 24.3 Å². The zero-order chi connectivity index (χ0) is 20.2. The van der Waals surface area contributed by atoms with Crippen molar-refractivity contribution in [3.8, 4) is 11.5 Å². The number of hydrogen-bond donors (Lipinski definition) is 2. The van der Waals surface area contributed by atoms with E-state index in [1.807, 2.05) is 54.6 Å². The number of carbonyl (C=O) groups excluding carboxylic acids is 1. The second kappa shape index (κ2) is 8.34. The van der Waals surface area contributed by atoms with Gasteiger partial charge in [-0.1, -0.05) is 53.3 Å². The van der Waals surface area contributed by atoms with Crippen molar-refractivity contribution in [2.24, 2.45) is 0 Å². The van der Waals surface area contributed by atoms with Crippen molar-refractivity contribution in [1.82, 2.24) is 4.98 Å². The highest BCUT2D eigenvalue weighted by Gasteiger charge is 2.18. The number of hydrogen-bond acceptors (Lipinski definition) is 6. The highest BCUT2D eigenvalue weighted by molar-refractivity contribution is 7.18. The molecule has 0 bridgehead atoms. The number of halogens is 1. The van der Waals surface area contributed by atoms with Gasteiger partial charge < -0.3 is 15.8 Å². The molecule has 3 aromatic carbocycles. The molecule has 0 spiro atoms. The summed E-state index contributed by atoms with van der Waals surface area (Å²) in [7, 11) is 0. The number of nitrogens with two attached hydrogens (primary N) is 1. The van der Waals surface area contributed by atoms with Crippen LogP contribution in [0.5, 0.6) is 11.5 Å². The van der Waals surface area contributed by atoms with Crippen molar-refractivity contribution >= 4 is 45.4 Å². The molecule has 0 radical (unpaired) electrons. The summed E-state index contributed by atoms with van der Waals surface area (Å²) in [5.74, 6) is 1.47. The Morgan fingerprint density at radius 3 is 2.41 bits per heavy atom. The molecule has 4 rings (SSSR count). The zero-order valence-corrected chi connectivity index (χ0v) is 16.7. The molecular weight excluding hydrogens is 406 g/mol. The van der Waals surface area contributed by atoms with E-state index < -0.39 is 0 Å². The Balaban J connectivity index is 1.47. The molecule has 3 N–H and O–H groups in total. The summed E-state index contributed by atoms with van der Waals surface area (Å²) in [6, 6.07) is 23.8. The van der Waals surface area contributed by atoms with Crippen molar-refractivity contribution in [3.05, 3.63) is 94.3 Å². The molecule has 0 fully saturated rings. The summed E-state index contributed by atoms with van der Waals surface area (Å²) >= 11 is 7.17. The number of nitrogen functional groups attached to an aromatic ring is 1. The smallest absolute Gasteiger partial charge is 0.206 e. The number of ether oxygens (including phenoxy) is 1. The number of anilines is 3. The average Bonchev–Trinajstić information content (AvgIpc) is 3.09. The quantitative estimate of drug-likeness (QED) is 0.365. The molecule has 5 nitrogen and oxygen atoms in total. The van der Waals surface area contributed by atoms with Gasteiger partial charge in [0.2, 0.25) is 5.78 Å². The van der Waals surface area contributed by atoms with Gasteiger partial charge in [-0.2, -0.15) is 0 Å². The maximum atomic E-state index is 12.7. The number of para-hydroxylation sites is 1. The third-order valence-electron chi connectivity index (χ3n) is 4.03. The van der Waals surface area contributed by atoms with Gasteiger partial charge in [-0.15, -0.1) is 0 Å². The highest BCUT2D eigenvalue weighted by atomic mass is 35.5. The maximum Gasteiger partial charge on any atom is 0.206 e. The normalized spacial score (nSPS) is 10.5. The minimum atomic E-state index is -0.206. The molecule has 7 heteroatoms. The van der Waals surface area contributed by atoms with Crippen LogP contribution in [0.3, 0.4) is 0 Å². The molecule has 0 amide bonds.